The van der Waals surface area contributed by atoms with E-state index >= 15 is 0 Å². The van der Waals surface area contributed by atoms with Gasteiger partial charge in [0.1, 0.15) is 0 Å². The first-order valence-corrected chi connectivity index (χ1v) is 6.65. The van der Waals surface area contributed by atoms with Gasteiger partial charge in [-0.2, -0.15) is 57.1 Å². The molecule has 1 aliphatic rings. The van der Waals surface area contributed by atoms with Gasteiger partial charge in [-0.25, -0.2) is 0 Å². The van der Waals surface area contributed by atoms with Crippen LogP contribution in [0, 0.1) is 0 Å². The van der Waals surface area contributed by atoms with Crippen molar-refractivity contribution in [2.45, 2.75) is 55.2 Å². The van der Waals surface area contributed by atoms with E-state index in [1.807, 2.05) is 0 Å². The van der Waals surface area contributed by atoms with Gasteiger partial charge < -0.3 is 4.90 Å². The van der Waals surface area contributed by atoms with Crippen molar-refractivity contribution in [3.8, 4) is 0 Å². The van der Waals surface area contributed by atoms with Crippen LogP contribution in [0.2, 0.25) is 0 Å². The SMILES string of the molecule is CC(N1C=CCC1)C(F)(F)C(F)(F)C(F)(F)C(F)(F)C(F)(F)C(F)(F)F. The average molecular weight is 415 g/mol. The number of hydrogen-bond acceptors (Lipinski definition) is 1. The van der Waals surface area contributed by atoms with Crippen LogP contribution < -0.4 is 0 Å². The first-order chi connectivity index (χ1) is 11.3. The third-order valence-corrected chi connectivity index (χ3v) is 3.83. The Kier molecular flexibility index (Phi) is 5.30. The van der Waals surface area contributed by atoms with E-state index in [2.05, 4.69) is 0 Å². The number of hydrogen-bond donors (Lipinski definition) is 0. The molecule has 0 amide bonds. The molecule has 0 saturated carbocycles. The molecule has 1 unspecified atom stereocenters. The maximum atomic E-state index is 13.8. The van der Waals surface area contributed by atoms with Gasteiger partial charge in [-0.3, -0.25) is 0 Å². The Morgan fingerprint density at radius 1 is 0.692 bits per heavy atom. The summed E-state index contributed by atoms with van der Waals surface area (Å²) in [5, 5.41) is 0. The first kappa shape index (κ1) is 22.7. The summed E-state index contributed by atoms with van der Waals surface area (Å²) in [6.45, 7) is -0.201. The summed E-state index contributed by atoms with van der Waals surface area (Å²) in [5.41, 5.74) is 0. The van der Waals surface area contributed by atoms with Crippen molar-refractivity contribution in [3.63, 3.8) is 0 Å². The summed E-state index contributed by atoms with van der Waals surface area (Å²) in [7, 11) is 0. The Labute approximate surface area is 137 Å². The fraction of sp³-hybridized carbons (Fsp3) is 0.833. The molecule has 0 saturated heterocycles. The highest BCUT2D eigenvalue weighted by Crippen LogP contribution is 2.60. The normalized spacial score (nSPS) is 19.2. The van der Waals surface area contributed by atoms with E-state index < -0.39 is 48.4 Å². The molecule has 0 aliphatic carbocycles. The molecule has 1 atom stereocenters. The zero-order valence-corrected chi connectivity index (χ0v) is 12.5. The third kappa shape index (κ3) is 2.88. The molecule has 154 valence electrons. The standard InChI is InChI=1S/C12H10F13N/c1-6(26-4-2-3-5-26)7(13,14)8(15,16)9(17,18)10(19,20)11(21,22)12(23,24)25/h2,4,6H,3,5H2,1H3. The van der Waals surface area contributed by atoms with E-state index in [1.165, 1.54) is 0 Å². The minimum Gasteiger partial charge on any atom is -0.368 e. The highest BCUT2D eigenvalue weighted by Gasteiger charge is 2.91. The fourth-order valence-electron chi connectivity index (χ4n) is 2.08. The van der Waals surface area contributed by atoms with Gasteiger partial charge in [0.05, 0.1) is 6.04 Å². The van der Waals surface area contributed by atoms with Crippen LogP contribution in [0.15, 0.2) is 12.3 Å². The summed E-state index contributed by atoms with van der Waals surface area (Å²) in [5.74, 6) is -36.6. The maximum Gasteiger partial charge on any atom is 0.460 e. The molecule has 0 aromatic carbocycles. The molecule has 0 aromatic heterocycles. The van der Waals surface area contributed by atoms with E-state index in [0.717, 1.165) is 12.3 Å². The van der Waals surface area contributed by atoms with Crippen LogP contribution in [0.4, 0.5) is 57.1 Å². The second-order valence-corrected chi connectivity index (χ2v) is 5.51. The lowest BCUT2D eigenvalue weighted by atomic mass is 9.90. The van der Waals surface area contributed by atoms with Crippen LogP contribution in [0.3, 0.4) is 0 Å². The Bertz CT molecular complexity index is 548. The summed E-state index contributed by atoms with van der Waals surface area (Å²) >= 11 is 0. The van der Waals surface area contributed by atoms with Crippen molar-refractivity contribution < 1.29 is 57.1 Å². The summed E-state index contributed by atoms with van der Waals surface area (Å²) in [4.78, 5) is 0.337. The highest BCUT2D eigenvalue weighted by atomic mass is 19.4. The van der Waals surface area contributed by atoms with Gasteiger partial charge in [0, 0.05) is 6.54 Å². The number of rotatable bonds is 6. The summed E-state index contributed by atoms with van der Waals surface area (Å²) in [6, 6.07) is -2.91. The predicted octanol–water partition coefficient (Wildman–Crippen LogP) is 5.33. The van der Waals surface area contributed by atoms with E-state index in [1.54, 1.807) is 0 Å². The lowest BCUT2D eigenvalue weighted by molar-refractivity contribution is -0.442. The minimum atomic E-state index is -7.86. The van der Waals surface area contributed by atoms with E-state index in [9.17, 15) is 57.1 Å². The first-order valence-electron chi connectivity index (χ1n) is 6.65. The molecule has 1 rings (SSSR count). The summed E-state index contributed by atoms with van der Waals surface area (Å²) in [6.07, 6.45) is -5.51. The van der Waals surface area contributed by atoms with E-state index in [-0.39, 0.29) is 13.3 Å². The molecule has 0 spiro atoms. The molecule has 26 heavy (non-hydrogen) atoms. The Morgan fingerprint density at radius 2 is 1.12 bits per heavy atom. The third-order valence-electron chi connectivity index (χ3n) is 3.83. The number of halogens is 13. The van der Waals surface area contributed by atoms with Gasteiger partial charge in [-0.1, -0.05) is 6.08 Å². The van der Waals surface area contributed by atoms with E-state index in [0.29, 0.717) is 4.90 Å². The molecule has 0 bridgehead atoms. The van der Waals surface area contributed by atoms with E-state index in [4.69, 9.17) is 0 Å². The second kappa shape index (κ2) is 6.08. The van der Waals surface area contributed by atoms with Gasteiger partial charge in [-0.05, 0) is 19.5 Å². The molecular weight excluding hydrogens is 405 g/mol. The van der Waals surface area contributed by atoms with Crippen LogP contribution in [0.25, 0.3) is 0 Å². The van der Waals surface area contributed by atoms with Crippen molar-refractivity contribution in [3.05, 3.63) is 12.3 Å². The zero-order valence-electron chi connectivity index (χ0n) is 12.5. The molecule has 0 N–H and O–H groups in total. The highest BCUT2D eigenvalue weighted by molar-refractivity contribution is 5.13. The molecule has 0 aromatic rings. The number of alkyl halides is 13. The topological polar surface area (TPSA) is 3.24 Å². The van der Waals surface area contributed by atoms with Crippen molar-refractivity contribution >= 4 is 0 Å². The Balaban J connectivity index is 3.40. The zero-order chi connectivity index (χ0) is 21.0. The number of nitrogens with zero attached hydrogens (tertiary/aromatic N) is 1. The van der Waals surface area contributed by atoms with Gasteiger partial charge in [-0.15, -0.1) is 0 Å². The molecule has 1 nitrogen and oxygen atoms in total. The maximum absolute atomic E-state index is 13.8. The predicted molar refractivity (Wildman–Crippen MR) is 60.7 cm³/mol. The van der Waals surface area contributed by atoms with Gasteiger partial charge in [0.15, 0.2) is 0 Å². The molecule has 1 aliphatic heterocycles. The molecule has 14 heteroatoms. The fourth-order valence-corrected chi connectivity index (χ4v) is 2.08. The molecule has 1 heterocycles. The summed E-state index contributed by atoms with van der Waals surface area (Å²) < 4.78 is 169. The van der Waals surface area contributed by atoms with Crippen molar-refractivity contribution in [1.29, 1.82) is 0 Å². The average Bonchev–Trinajstić information content (AvgIpc) is 2.98. The quantitative estimate of drug-likeness (QED) is 0.530. The van der Waals surface area contributed by atoms with Crippen LogP contribution in [0.1, 0.15) is 13.3 Å². The van der Waals surface area contributed by atoms with Crippen LogP contribution in [-0.2, 0) is 0 Å². The largest absolute Gasteiger partial charge is 0.460 e. The Hall–Kier alpha value is -1.37. The van der Waals surface area contributed by atoms with Crippen molar-refractivity contribution in [2.24, 2.45) is 0 Å². The van der Waals surface area contributed by atoms with Gasteiger partial charge in [0.25, 0.3) is 0 Å². The lowest BCUT2D eigenvalue weighted by Crippen LogP contribution is -2.72. The van der Waals surface area contributed by atoms with Crippen LogP contribution in [0.5, 0.6) is 0 Å². The monoisotopic (exact) mass is 415 g/mol. The molecule has 0 fully saturated rings. The van der Waals surface area contributed by atoms with Crippen LogP contribution >= 0.6 is 0 Å². The van der Waals surface area contributed by atoms with Crippen molar-refractivity contribution in [2.75, 3.05) is 6.54 Å². The second-order valence-electron chi connectivity index (χ2n) is 5.51. The van der Waals surface area contributed by atoms with Crippen molar-refractivity contribution in [1.82, 2.24) is 4.90 Å². The smallest absolute Gasteiger partial charge is 0.368 e. The van der Waals surface area contributed by atoms with Gasteiger partial charge in [0.2, 0.25) is 0 Å². The lowest BCUT2D eigenvalue weighted by Gasteiger charge is -2.42. The molecular formula is C12H10F13N. The van der Waals surface area contributed by atoms with Gasteiger partial charge >= 0.3 is 35.8 Å². The van der Waals surface area contributed by atoms with Crippen LogP contribution in [-0.4, -0.2) is 53.3 Å². The molecule has 0 radical (unpaired) electrons. The minimum absolute atomic E-state index is 0.00465. The Morgan fingerprint density at radius 3 is 1.46 bits per heavy atom.